The van der Waals surface area contributed by atoms with Crippen molar-refractivity contribution in [2.24, 2.45) is 0 Å². The molecule has 2 N–H and O–H groups in total. The molecule has 0 aliphatic carbocycles. The maximum absolute atomic E-state index is 13.5. The van der Waals surface area contributed by atoms with Crippen LogP contribution in [0, 0.1) is 13.5 Å². The van der Waals surface area contributed by atoms with Gasteiger partial charge in [-0.05, 0) is 77.4 Å². The molecule has 0 aromatic heterocycles. The SMILES string of the molecule is [C-]#[N+]c1ccc(N2C(=O)N(c3ccc(Cl)c(NC(=O)OCCNC(=O)OC(C)(C)C)c3)C(C)(C)C2=O)cc1C. The number of amides is 5. The quantitative estimate of drug-likeness (QED) is 0.255. The van der Waals surface area contributed by atoms with E-state index >= 15 is 0 Å². The van der Waals surface area contributed by atoms with Gasteiger partial charge in [0.2, 0.25) is 0 Å². The monoisotopic (exact) mass is 555 g/mol. The summed E-state index contributed by atoms with van der Waals surface area (Å²) in [4.78, 5) is 56.7. The molecule has 1 fully saturated rings. The molecule has 0 unspecified atom stereocenters. The first-order valence-electron chi connectivity index (χ1n) is 12.0. The second kappa shape index (κ2) is 11.2. The molecule has 0 spiro atoms. The van der Waals surface area contributed by atoms with Crippen molar-refractivity contribution in [2.45, 2.75) is 52.7 Å². The molecule has 12 heteroatoms. The van der Waals surface area contributed by atoms with E-state index in [1.807, 2.05) is 0 Å². The first-order chi connectivity index (χ1) is 18.2. The van der Waals surface area contributed by atoms with Crippen molar-refractivity contribution in [1.82, 2.24) is 5.32 Å². The molecular formula is C27H30ClN5O6. The Morgan fingerprint density at radius 1 is 1.08 bits per heavy atom. The highest BCUT2D eigenvalue weighted by molar-refractivity contribution is 6.34. The van der Waals surface area contributed by atoms with Crippen molar-refractivity contribution < 1.29 is 28.7 Å². The number of carbonyl (C=O) groups is 4. The summed E-state index contributed by atoms with van der Waals surface area (Å²) < 4.78 is 10.2. The average Bonchev–Trinajstić information content (AvgIpc) is 3.00. The fraction of sp³-hybridized carbons (Fsp3) is 0.370. The second-order valence-electron chi connectivity index (χ2n) is 10.3. The van der Waals surface area contributed by atoms with Crippen LogP contribution in [0.5, 0.6) is 0 Å². The Bertz CT molecular complexity index is 1360. The number of benzene rings is 2. The number of carbonyl (C=O) groups excluding carboxylic acids is 4. The van der Waals surface area contributed by atoms with Crippen LogP contribution in [-0.4, -0.2) is 48.4 Å². The van der Waals surface area contributed by atoms with Crippen LogP contribution in [-0.2, 0) is 14.3 Å². The fourth-order valence-corrected chi connectivity index (χ4v) is 4.03. The molecule has 0 radical (unpaired) electrons. The molecule has 1 aliphatic rings. The third-order valence-corrected chi connectivity index (χ3v) is 6.00. The van der Waals surface area contributed by atoms with Gasteiger partial charge in [0.1, 0.15) is 17.7 Å². The molecule has 206 valence electrons. The highest BCUT2D eigenvalue weighted by Crippen LogP contribution is 2.39. The van der Waals surface area contributed by atoms with Gasteiger partial charge >= 0.3 is 18.2 Å². The van der Waals surface area contributed by atoms with Crippen molar-refractivity contribution in [3.8, 4) is 0 Å². The lowest BCUT2D eigenvalue weighted by Gasteiger charge is -2.28. The van der Waals surface area contributed by atoms with E-state index in [4.69, 9.17) is 27.6 Å². The van der Waals surface area contributed by atoms with E-state index in [1.54, 1.807) is 65.8 Å². The van der Waals surface area contributed by atoms with E-state index in [2.05, 4.69) is 15.5 Å². The van der Waals surface area contributed by atoms with Crippen molar-refractivity contribution >= 4 is 58.5 Å². The van der Waals surface area contributed by atoms with Crippen molar-refractivity contribution in [3.05, 3.63) is 58.4 Å². The third-order valence-electron chi connectivity index (χ3n) is 5.68. The number of imide groups is 1. The Morgan fingerprint density at radius 2 is 1.74 bits per heavy atom. The van der Waals surface area contributed by atoms with Crippen LogP contribution in [0.15, 0.2) is 36.4 Å². The van der Waals surface area contributed by atoms with E-state index in [0.29, 0.717) is 22.6 Å². The predicted molar refractivity (Wildman–Crippen MR) is 148 cm³/mol. The summed E-state index contributed by atoms with van der Waals surface area (Å²) in [5.41, 5.74) is -0.0254. The Balaban J connectivity index is 1.73. The normalized spacial score (nSPS) is 14.6. The summed E-state index contributed by atoms with van der Waals surface area (Å²) in [6.45, 7) is 17.3. The maximum Gasteiger partial charge on any atom is 0.411 e. The Morgan fingerprint density at radius 3 is 2.36 bits per heavy atom. The van der Waals surface area contributed by atoms with E-state index in [0.717, 1.165) is 4.90 Å². The lowest BCUT2D eigenvalue weighted by atomic mass is 10.0. The highest BCUT2D eigenvalue weighted by Gasteiger charge is 2.52. The smallest absolute Gasteiger partial charge is 0.411 e. The van der Waals surface area contributed by atoms with Crippen LogP contribution in [0.4, 0.5) is 37.1 Å². The number of halogens is 1. The zero-order valence-corrected chi connectivity index (χ0v) is 23.3. The topological polar surface area (TPSA) is 122 Å². The third kappa shape index (κ3) is 6.59. The largest absolute Gasteiger partial charge is 0.447 e. The Kier molecular flexibility index (Phi) is 8.41. The first kappa shape index (κ1) is 29.3. The Labute approximate surface area is 231 Å². The van der Waals surface area contributed by atoms with Gasteiger partial charge < -0.3 is 14.8 Å². The first-order valence-corrected chi connectivity index (χ1v) is 12.4. The minimum absolute atomic E-state index is 0.0286. The van der Waals surface area contributed by atoms with Gasteiger partial charge in [-0.2, -0.15) is 0 Å². The molecule has 1 saturated heterocycles. The van der Waals surface area contributed by atoms with Gasteiger partial charge in [-0.1, -0.05) is 17.7 Å². The lowest BCUT2D eigenvalue weighted by Crippen LogP contribution is -2.44. The van der Waals surface area contributed by atoms with E-state index in [9.17, 15) is 19.2 Å². The van der Waals surface area contributed by atoms with Crippen LogP contribution < -0.4 is 20.4 Å². The molecule has 1 aliphatic heterocycles. The highest BCUT2D eigenvalue weighted by atomic mass is 35.5. The van der Waals surface area contributed by atoms with E-state index in [1.165, 1.54) is 17.0 Å². The maximum atomic E-state index is 13.5. The number of urea groups is 1. The van der Waals surface area contributed by atoms with Crippen LogP contribution in [0.25, 0.3) is 4.85 Å². The van der Waals surface area contributed by atoms with Crippen LogP contribution in [0.3, 0.4) is 0 Å². The van der Waals surface area contributed by atoms with Gasteiger partial charge in [-0.15, -0.1) is 0 Å². The number of hydrogen-bond acceptors (Lipinski definition) is 6. The summed E-state index contributed by atoms with van der Waals surface area (Å²) >= 11 is 6.27. The minimum atomic E-state index is -1.26. The number of nitrogens with zero attached hydrogens (tertiary/aromatic N) is 3. The van der Waals surface area contributed by atoms with Crippen LogP contribution in [0.1, 0.15) is 40.2 Å². The zero-order chi connectivity index (χ0) is 29.1. The summed E-state index contributed by atoms with van der Waals surface area (Å²) in [6, 6.07) is 8.65. The molecule has 2 aromatic carbocycles. The summed E-state index contributed by atoms with van der Waals surface area (Å²) in [5, 5.41) is 5.17. The molecular weight excluding hydrogens is 526 g/mol. The van der Waals surface area contributed by atoms with Gasteiger partial charge in [0.25, 0.3) is 5.91 Å². The van der Waals surface area contributed by atoms with Crippen molar-refractivity contribution in [3.63, 3.8) is 0 Å². The van der Waals surface area contributed by atoms with E-state index in [-0.39, 0.29) is 23.9 Å². The number of ether oxygens (including phenoxy) is 2. The standard InChI is InChI=1S/C27H30ClN5O6/c1-16-14-17(9-11-20(16)29-7)32-22(34)27(5,6)33(25(32)37)18-8-10-19(28)21(15-18)31-24(36)38-13-12-30-23(35)39-26(2,3)4/h8-11,14-15H,12-13H2,1-6H3,(H,30,35)(H,31,36). The summed E-state index contributed by atoms with van der Waals surface area (Å²) in [7, 11) is 0. The van der Waals surface area contributed by atoms with Gasteiger partial charge in [-0.3, -0.25) is 15.0 Å². The van der Waals surface area contributed by atoms with Crippen molar-refractivity contribution in [1.29, 1.82) is 0 Å². The number of hydrogen-bond donors (Lipinski definition) is 2. The van der Waals surface area contributed by atoms with Gasteiger partial charge in [-0.25, -0.2) is 24.1 Å². The minimum Gasteiger partial charge on any atom is -0.447 e. The number of anilines is 3. The van der Waals surface area contributed by atoms with Crippen LogP contribution in [0.2, 0.25) is 5.02 Å². The lowest BCUT2D eigenvalue weighted by molar-refractivity contribution is -0.120. The molecule has 1 heterocycles. The number of rotatable bonds is 6. The second-order valence-corrected chi connectivity index (χ2v) is 10.7. The van der Waals surface area contributed by atoms with Gasteiger partial charge in [0.05, 0.1) is 29.5 Å². The van der Waals surface area contributed by atoms with Gasteiger partial charge in [0, 0.05) is 5.69 Å². The molecule has 39 heavy (non-hydrogen) atoms. The molecule has 0 atom stereocenters. The van der Waals surface area contributed by atoms with Gasteiger partial charge in [0.15, 0.2) is 5.69 Å². The molecule has 5 amide bonds. The van der Waals surface area contributed by atoms with Crippen LogP contribution >= 0.6 is 11.6 Å². The zero-order valence-electron chi connectivity index (χ0n) is 22.5. The van der Waals surface area contributed by atoms with Crippen molar-refractivity contribution in [2.75, 3.05) is 28.3 Å². The number of nitrogens with one attached hydrogen (secondary N) is 2. The predicted octanol–water partition coefficient (Wildman–Crippen LogP) is 6.02. The fourth-order valence-electron chi connectivity index (χ4n) is 3.87. The molecule has 2 aromatic rings. The number of aryl methyl sites for hydroxylation is 1. The Hall–Kier alpha value is -4.30. The summed E-state index contributed by atoms with van der Waals surface area (Å²) in [6.07, 6.45) is -1.47. The molecule has 11 nitrogen and oxygen atoms in total. The molecule has 0 bridgehead atoms. The van der Waals surface area contributed by atoms with E-state index < -0.39 is 35.3 Å². The average molecular weight is 556 g/mol. The molecule has 0 saturated carbocycles. The molecule has 3 rings (SSSR count). The summed E-state index contributed by atoms with van der Waals surface area (Å²) in [5.74, 6) is -0.455. The number of alkyl carbamates (subject to hydrolysis) is 1.